The highest BCUT2D eigenvalue weighted by atomic mass is 32.2. The Morgan fingerprint density at radius 1 is 1.44 bits per heavy atom. The molecule has 0 bridgehead atoms. The summed E-state index contributed by atoms with van der Waals surface area (Å²) in [5, 5.41) is 2.96. The second-order valence-corrected chi connectivity index (χ2v) is 7.05. The first-order valence-electron chi connectivity index (χ1n) is 8.14. The van der Waals surface area contributed by atoms with Crippen LogP contribution in [0, 0.1) is 0 Å². The second-order valence-electron chi connectivity index (χ2n) is 6.06. The molecule has 9 heteroatoms. The molecule has 140 valence electrons. The summed E-state index contributed by atoms with van der Waals surface area (Å²) in [5.41, 5.74) is 5.10. The summed E-state index contributed by atoms with van der Waals surface area (Å²) >= 11 is 1.65. The third-order valence-corrected chi connectivity index (χ3v) is 4.85. The number of rotatable bonds is 6. The van der Waals surface area contributed by atoms with E-state index < -0.39 is 17.8 Å². The van der Waals surface area contributed by atoms with E-state index >= 15 is 0 Å². The van der Waals surface area contributed by atoms with E-state index in [0.717, 1.165) is 18.0 Å². The van der Waals surface area contributed by atoms with Gasteiger partial charge in [-0.1, -0.05) is 0 Å². The molecule has 3 N–H and O–H groups in total. The average molecular weight is 376 g/mol. The zero-order chi connectivity index (χ0) is 18.4. The summed E-state index contributed by atoms with van der Waals surface area (Å²) in [7, 11) is 0. The molecule has 5 nitrogen and oxygen atoms in total. The van der Waals surface area contributed by atoms with Crippen molar-refractivity contribution in [3.05, 3.63) is 23.9 Å². The number of nitrogens with one attached hydrogen (secondary N) is 1. The first-order valence-corrected chi connectivity index (χ1v) is 9.53. The first-order chi connectivity index (χ1) is 11.8. The fourth-order valence-electron chi connectivity index (χ4n) is 2.68. The topological polar surface area (TPSA) is 71.2 Å². The quantitative estimate of drug-likeness (QED) is 0.797. The van der Waals surface area contributed by atoms with Crippen LogP contribution in [0.2, 0.25) is 0 Å². The minimum absolute atomic E-state index is 0.0403. The largest absolute Gasteiger partial charge is 0.417 e. The van der Waals surface area contributed by atoms with Gasteiger partial charge in [-0.2, -0.15) is 24.9 Å². The maximum atomic E-state index is 12.6. The van der Waals surface area contributed by atoms with Gasteiger partial charge in [-0.15, -0.1) is 0 Å². The molecule has 1 atom stereocenters. The Hall–Kier alpha value is -1.48. The minimum atomic E-state index is -4.38. The average Bonchev–Trinajstić information content (AvgIpc) is 2.59. The number of amides is 1. The Bertz CT molecular complexity index is 559. The van der Waals surface area contributed by atoms with Gasteiger partial charge in [0.15, 0.2) is 0 Å². The van der Waals surface area contributed by atoms with E-state index in [1.807, 2.05) is 11.2 Å². The third-order valence-electron chi connectivity index (χ3n) is 4.21. The molecule has 1 amide bonds. The van der Waals surface area contributed by atoms with Crippen molar-refractivity contribution < 1.29 is 18.0 Å². The number of piperidine rings is 1. The lowest BCUT2D eigenvalue weighted by molar-refractivity contribution is -0.137. The SMILES string of the molecule is CSCCC(N)C(=O)NC1CCN(c2ccc(C(F)(F)F)cn2)CC1. The van der Waals surface area contributed by atoms with Crippen LogP contribution in [-0.2, 0) is 11.0 Å². The number of anilines is 1. The third kappa shape index (κ3) is 5.78. The second kappa shape index (κ2) is 8.75. The number of alkyl halides is 3. The van der Waals surface area contributed by atoms with Crippen LogP contribution < -0.4 is 16.0 Å². The molecule has 2 heterocycles. The van der Waals surface area contributed by atoms with Crippen molar-refractivity contribution in [2.24, 2.45) is 5.73 Å². The van der Waals surface area contributed by atoms with Crippen LogP contribution in [0.5, 0.6) is 0 Å². The van der Waals surface area contributed by atoms with Gasteiger partial charge >= 0.3 is 6.18 Å². The number of halogens is 3. The van der Waals surface area contributed by atoms with Crippen LogP contribution in [0.1, 0.15) is 24.8 Å². The number of carbonyl (C=O) groups excluding carboxylic acids is 1. The predicted octanol–water partition coefficient (Wildman–Crippen LogP) is 2.27. The van der Waals surface area contributed by atoms with E-state index in [1.54, 1.807) is 11.8 Å². The molecule has 1 unspecified atom stereocenters. The number of hydrogen-bond acceptors (Lipinski definition) is 5. The molecule has 0 aliphatic carbocycles. The molecular weight excluding hydrogens is 353 g/mol. The van der Waals surface area contributed by atoms with Gasteiger partial charge < -0.3 is 16.0 Å². The van der Waals surface area contributed by atoms with Gasteiger partial charge in [-0.25, -0.2) is 4.98 Å². The van der Waals surface area contributed by atoms with Crippen molar-refractivity contribution in [3.8, 4) is 0 Å². The van der Waals surface area contributed by atoms with Crippen LogP contribution >= 0.6 is 11.8 Å². The highest BCUT2D eigenvalue weighted by Gasteiger charge is 2.31. The lowest BCUT2D eigenvalue weighted by Gasteiger charge is -2.33. The fourth-order valence-corrected chi connectivity index (χ4v) is 3.17. The summed E-state index contributed by atoms with van der Waals surface area (Å²) < 4.78 is 37.7. The van der Waals surface area contributed by atoms with Crippen molar-refractivity contribution in [2.45, 2.75) is 37.5 Å². The maximum Gasteiger partial charge on any atom is 0.417 e. The van der Waals surface area contributed by atoms with E-state index in [0.29, 0.717) is 38.2 Å². The number of pyridine rings is 1. The van der Waals surface area contributed by atoms with Gasteiger partial charge in [0.25, 0.3) is 0 Å². The van der Waals surface area contributed by atoms with Crippen LogP contribution in [0.25, 0.3) is 0 Å². The van der Waals surface area contributed by atoms with Gasteiger partial charge in [0.1, 0.15) is 5.82 Å². The molecule has 1 aromatic rings. The van der Waals surface area contributed by atoms with Crippen molar-refractivity contribution in [2.75, 3.05) is 30.0 Å². The Morgan fingerprint density at radius 3 is 2.64 bits per heavy atom. The lowest BCUT2D eigenvalue weighted by atomic mass is 10.0. The Morgan fingerprint density at radius 2 is 2.12 bits per heavy atom. The Labute approximate surface area is 149 Å². The molecule has 1 fully saturated rings. The normalized spacial score (nSPS) is 17.4. The van der Waals surface area contributed by atoms with Gasteiger partial charge in [-0.3, -0.25) is 4.79 Å². The summed E-state index contributed by atoms with van der Waals surface area (Å²) in [4.78, 5) is 17.9. The van der Waals surface area contributed by atoms with Crippen molar-refractivity contribution in [1.82, 2.24) is 10.3 Å². The van der Waals surface area contributed by atoms with E-state index in [4.69, 9.17) is 5.73 Å². The van der Waals surface area contributed by atoms with Gasteiger partial charge in [-0.05, 0) is 43.4 Å². The molecule has 25 heavy (non-hydrogen) atoms. The summed E-state index contributed by atoms with van der Waals surface area (Å²) in [6.45, 7) is 1.26. The standard InChI is InChI=1S/C16H23F3N4OS/c1-25-9-6-13(20)15(24)22-12-4-7-23(8-5-12)14-3-2-11(10-21-14)16(17,18)19/h2-3,10,12-13H,4-9,20H2,1H3,(H,22,24). The van der Waals surface area contributed by atoms with Gasteiger partial charge in [0.2, 0.25) is 5.91 Å². The Balaban J connectivity index is 1.82. The highest BCUT2D eigenvalue weighted by Crippen LogP contribution is 2.29. The van der Waals surface area contributed by atoms with Crippen LogP contribution in [-0.4, -0.2) is 48.1 Å². The molecule has 1 aromatic heterocycles. The maximum absolute atomic E-state index is 12.6. The first kappa shape index (κ1) is 19.8. The molecule has 2 rings (SSSR count). The van der Waals surface area contributed by atoms with E-state index in [-0.39, 0.29) is 11.9 Å². The van der Waals surface area contributed by atoms with Crippen molar-refractivity contribution in [1.29, 1.82) is 0 Å². The zero-order valence-corrected chi connectivity index (χ0v) is 14.9. The van der Waals surface area contributed by atoms with Crippen LogP contribution in [0.4, 0.5) is 19.0 Å². The summed E-state index contributed by atoms with van der Waals surface area (Å²) in [5.74, 6) is 1.22. The zero-order valence-electron chi connectivity index (χ0n) is 14.1. The summed E-state index contributed by atoms with van der Waals surface area (Å²) in [6.07, 6.45) is 0.510. The molecule has 1 saturated heterocycles. The lowest BCUT2D eigenvalue weighted by Crippen LogP contribution is -2.49. The predicted molar refractivity (Wildman–Crippen MR) is 93.6 cm³/mol. The van der Waals surface area contributed by atoms with E-state index in [9.17, 15) is 18.0 Å². The molecule has 0 aromatic carbocycles. The molecule has 0 radical (unpaired) electrons. The highest BCUT2D eigenvalue weighted by molar-refractivity contribution is 7.98. The molecule has 0 spiro atoms. The van der Waals surface area contributed by atoms with E-state index in [2.05, 4.69) is 10.3 Å². The fraction of sp³-hybridized carbons (Fsp3) is 0.625. The van der Waals surface area contributed by atoms with Crippen molar-refractivity contribution in [3.63, 3.8) is 0 Å². The van der Waals surface area contributed by atoms with Gasteiger partial charge in [0.05, 0.1) is 11.6 Å². The van der Waals surface area contributed by atoms with Gasteiger partial charge in [0, 0.05) is 25.3 Å². The smallest absolute Gasteiger partial charge is 0.356 e. The number of aromatic nitrogens is 1. The number of nitrogens with two attached hydrogens (primary N) is 1. The van der Waals surface area contributed by atoms with Crippen molar-refractivity contribution >= 4 is 23.5 Å². The molecule has 1 aliphatic heterocycles. The minimum Gasteiger partial charge on any atom is -0.356 e. The number of hydrogen-bond donors (Lipinski definition) is 2. The molecule has 0 saturated carbocycles. The summed E-state index contributed by atoms with van der Waals surface area (Å²) in [6, 6.07) is 1.97. The number of carbonyl (C=O) groups is 1. The van der Waals surface area contributed by atoms with E-state index in [1.165, 1.54) is 6.07 Å². The van der Waals surface area contributed by atoms with Crippen LogP contribution in [0.3, 0.4) is 0 Å². The monoisotopic (exact) mass is 376 g/mol. The number of thioether (sulfide) groups is 1. The Kier molecular flexibility index (Phi) is 6.95. The molecule has 1 aliphatic rings. The molecular formula is C16H23F3N4OS. The van der Waals surface area contributed by atoms with Crippen LogP contribution in [0.15, 0.2) is 18.3 Å². The number of nitrogens with zero attached hydrogens (tertiary/aromatic N) is 2.